The van der Waals surface area contributed by atoms with Crippen LogP contribution in [0.25, 0.3) is 0 Å². The lowest BCUT2D eigenvalue weighted by atomic mass is 9.76. The second kappa shape index (κ2) is 3.05. The fourth-order valence-corrected chi connectivity index (χ4v) is 2.63. The van der Waals surface area contributed by atoms with Gasteiger partial charge in [-0.25, -0.2) is 4.79 Å². The summed E-state index contributed by atoms with van der Waals surface area (Å²) in [4.78, 5) is 36.9. The van der Waals surface area contributed by atoms with Crippen molar-refractivity contribution in [2.24, 2.45) is 5.92 Å². The van der Waals surface area contributed by atoms with Gasteiger partial charge in [0.15, 0.2) is 0 Å². The highest BCUT2D eigenvalue weighted by atomic mass is 16.2. The Morgan fingerprint density at radius 2 is 1.73 bits per heavy atom. The van der Waals surface area contributed by atoms with E-state index >= 15 is 0 Å². The highest BCUT2D eigenvalue weighted by Gasteiger charge is 2.57. The first-order valence-corrected chi connectivity index (χ1v) is 5.08. The summed E-state index contributed by atoms with van der Waals surface area (Å²) in [6.07, 6.45) is 0.805. The molecule has 0 aromatic carbocycles. The number of urea groups is 1. The molecule has 2 aliphatic rings. The monoisotopic (exact) mass is 210 g/mol. The maximum atomic E-state index is 11.8. The number of hydrogen-bond donors (Lipinski definition) is 0. The first-order chi connectivity index (χ1) is 6.95. The molecule has 1 aliphatic carbocycles. The van der Waals surface area contributed by atoms with Gasteiger partial charge in [-0.05, 0) is 12.3 Å². The highest BCUT2D eigenvalue weighted by molar-refractivity contribution is 6.04. The van der Waals surface area contributed by atoms with E-state index in [1.54, 1.807) is 0 Å². The normalized spacial score (nSPS) is 33.8. The summed E-state index contributed by atoms with van der Waals surface area (Å²) in [6.45, 7) is 4.72. The zero-order valence-electron chi connectivity index (χ0n) is 9.06. The molecule has 1 unspecified atom stereocenters. The van der Waals surface area contributed by atoms with Crippen LogP contribution in [-0.2, 0) is 9.59 Å². The molecule has 0 N–H and O–H groups in total. The average molecular weight is 210 g/mol. The first-order valence-electron chi connectivity index (χ1n) is 5.08. The quantitative estimate of drug-likeness (QED) is 0.588. The van der Waals surface area contributed by atoms with Crippen LogP contribution in [0, 0.1) is 5.92 Å². The van der Waals surface area contributed by atoms with Crippen molar-refractivity contribution in [1.82, 2.24) is 9.80 Å². The molecule has 0 radical (unpaired) electrons. The predicted molar refractivity (Wildman–Crippen MR) is 51.8 cm³/mol. The van der Waals surface area contributed by atoms with Crippen LogP contribution >= 0.6 is 0 Å². The Kier molecular flexibility index (Phi) is 2.06. The van der Waals surface area contributed by atoms with Gasteiger partial charge in [0.25, 0.3) is 0 Å². The van der Waals surface area contributed by atoms with Crippen LogP contribution in [0.1, 0.15) is 27.2 Å². The molecule has 82 valence electrons. The van der Waals surface area contributed by atoms with Crippen LogP contribution in [-0.4, -0.2) is 39.7 Å². The Labute approximate surface area is 88.0 Å². The predicted octanol–water partition coefficient (Wildman–Crippen LogP) is 0.594. The molecule has 1 heterocycles. The summed E-state index contributed by atoms with van der Waals surface area (Å²) in [6, 6.07) is -0.637. The van der Waals surface area contributed by atoms with Crippen molar-refractivity contribution in [3.8, 4) is 0 Å². The Bertz CT molecular complexity index is 353. The van der Waals surface area contributed by atoms with Crippen LogP contribution in [0.15, 0.2) is 0 Å². The molecule has 1 aliphatic heterocycles. The molecule has 5 nitrogen and oxygen atoms in total. The zero-order chi connectivity index (χ0) is 11.3. The second-order valence-electron chi connectivity index (χ2n) is 4.33. The standard InChI is InChI=1S/C10H14N2O3/c1-5-4-8-9(5)12(7(3)14)10(15)11(8)6(2)13/h5,8-9H,4H2,1-3H3/t5?,8-,9+/m0/s1. The fourth-order valence-electron chi connectivity index (χ4n) is 2.63. The maximum absolute atomic E-state index is 11.8. The second-order valence-corrected chi connectivity index (χ2v) is 4.33. The van der Waals surface area contributed by atoms with E-state index in [2.05, 4.69) is 0 Å². The zero-order valence-corrected chi connectivity index (χ0v) is 9.06. The molecule has 1 saturated carbocycles. The molecule has 15 heavy (non-hydrogen) atoms. The van der Waals surface area contributed by atoms with Gasteiger partial charge in [-0.2, -0.15) is 0 Å². The van der Waals surface area contributed by atoms with Gasteiger partial charge in [-0.1, -0.05) is 6.92 Å². The van der Waals surface area contributed by atoms with Crippen LogP contribution in [0.3, 0.4) is 0 Å². The lowest BCUT2D eigenvalue weighted by Crippen LogP contribution is -2.54. The van der Waals surface area contributed by atoms with Crippen molar-refractivity contribution in [3.63, 3.8) is 0 Å². The number of nitrogens with zero attached hydrogens (tertiary/aromatic N) is 2. The summed E-state index contributed by atoms with van der Waals surface area (Å²) in [5.41, 5.74) is 0. The molecule has 1 saturated heterocycles. The van der Waals surface area contributed by atoms with Crippen molar-refractivity contribution >= 4 is 17.8 Å². The van der Waals surface area contributed by atoms with Crippen LogP contribution in [0.2, 0.25) is 0 Å². The number of rotatable bonds is 0. The van der Waals surface area contributed by atoms with Gasteiger partial charge in [0, 0.05) is 13.8 Å². The van der Waals surface area contributed by atoms with Crippen LogP contribution in [0.4, 0.5) is 4.79 Å². The number of carbonyl (C=O) groups excluding carboxylic acids is 3. The summed E-state index contributed by atoms with van der Waals surface area (Å²) >= 11 is 0. The largest absolute Gasteiger partial charge is 0.334 e. The molecule has 2 rings (SSSR count). The van der Waals surface area contributed by atoms with Crippen LogP contribution < -0.4 is 0 Å². The molecular weight excluding hydrogens is 196 g/mol. The van der Waals surface area contributed by atoms with E-state index in [9.17, 15) is 14.4 Å². The van der Waals surface area contributed by atoms with Gasteiger partial charge in [0.1, 0.15) is 0 Å². The molecule has 4 amide bonds. The van der Waals surface area contributed by atoms with Crippen LogP contribution in [0.5, 0.6) is 0 Å². The fraction of sp³-hybridized carbons (Fsp3) is 0.700. The highest BCUT2D eigenvalue weighted by Crippen LogP contribution is 2.41. The maximum Gasteiger partial charge on any atom is 0.334 e. The molecule has 2 fully saturated rings. The Hall–Kier alpha value is -1.39. The summed E-state index contributed by atoms with van der Waals surface area (Å²) in [5, 5.41) is 0. The van der Waals surface area contributed by atoms with E-state index in [-0.39, 0.29) is 23.9 Å². The van der Waals surface area contributed by atoms with Gasteiger partial charge in [0.2, 0.25) is 11.8 Å². The van der Waals surface area contributed by atoms with E-state index in [4.69, 9.17) is 0 Å². The lowest BCUT2D eigenvalue weighted by molar-refractivity contribution is -0.131. The molecular formula is C10H14N2O3. The summed E-state index contributed by atoms with van der Waals surface area (Å²) < 4.78 is 0. The van der Waals surface area contributed by atoms with E-state index in [0.29, 0.717) is 5.92 Å². The van der Waals surface area contributed by atoms with Gasteiger partial charge in [0.05, 0.1) is 12.1 Å². The number of carbonyl (C=O) groups is 3. The molecule has 0 aromatic rings. The Balaban J connectivity index is 2.32. The van der Waals surface area contributed by atoms with E-state index in [0.717, 1.165) is 6.42 Å². The third-order valence-electron chi connectivity index (χ3n) is 3.31. The van der Waals surface area contributed by atoms with Gasteiger partial charge in [-0.15, -0.1) is 0 Å². The number of imide groups is 2. The minimum Gasteiger partial charge on any atom is -0.275 e. The minimum absolute atomic E-state index is 0.0890. The molecule has 0 bridgehead atoms. The average Bonchev–Trinajstić information content (AvgIpc) is 2.34. The van der Waals surface area contributed by atoms with Crippen molar-refractivity contribution in [1.29, 1.82) is 0 Å². The Morgan fingerprint density at radius 3 is 2.07 bits per heavy atom. The summed E-state index contributed by atoms with van der Waals surface area (Å²) in [5.74, 6) is -0.247. The lowest BCUT2D eigenvalue weighted by Gasteiger charge is -2.41. The molecule has 3 atom stereocenters. The minimum atomic E-state index is -0.450. The number of fused-ring (bicyclic) bond motifs is 1. The smallest absolute Gasteiger partial charge is 0.275 e. The van der Waals surface area contributed by atoms with Crippen molar-refractivity contribution in [3.05, 3.63) is 0 Å². The van der Waals surface area contributed by atoms with E-state index < -0.39 is 6.03 Å². The molecule has 5 heteroatoms. The molecule has 0 aromatic heterocycles. The first kappa shape index (κ1) is 10.1. The van der Waals surface area contributed by atoms with Gasteiger partial charge in [-0.3, -0.25) is 19.4 Å². The number of hydrogen-bond acceptors (Lipinski definition) is 3. The topological polar surface area (TPSA) is 57.7 Å². The van der Waals surface area contributed by atoms with E-state index in [1.807, 2.05) is 6.92 Å². The van der Waals surface area contributed by atoms with Crippen molar-refractivity contribution in [2.45, 2.75) is 39.3 Å². The molecule has 0 spiro atoms. The van der Waals surface area contributed by atoms with Crippen molar-refractivity contribution < 1.29 is 14.4 Å². The van der Waals surface area contributed by atoms with Crippen molar-refractivity contribution in [2.75, 3.05) is 0 Å². The summed E-state index contributed by atoms with van der Waals surface area (Å²) in [7, 11) is 0. The van der Waals surface area contributed by atoms with Gasteiger partial charge < -0.3 is 0 Å². The Morgan fingerprint density at radius 1 is 1.20 bits per heavy atom. The van der Waals surface area contributed by atoms with E-state index in [1.165, 1.54) is 23.6 Å². The number of amides is 4. The van der Waals surface area contributed by atoms with Gasteiger partial charge >= 0.3 is 6.03 Å². The SMILES string of the molecule is CC(=O)N1C(=O)N(C(C)=O)[C@H]2CC(C)[C@H]21. The third-order valence-corrected chi connectivity index (χ3v) is 3.31. The third kappa shape index (κ3) is 1.19.